The summed E-state index contributed by atoms with van der Waals surface area (Å²) in [5.74, 6) is 0.521. The molecule has 0 aliphatic rings. The molecule has 0 aromatic heterocycles. The first-order valence-corrected chi connectivity index (χ1v) is 6.46. The van der Waals surface area contributed by atoms with Crippen molar-refractivity contribution >= 4 is 0 Å². The highest BCUT2D eigenvalue weighted by molar-refractivity contribution is 5.27. The molecule has 0 radical (unpaired) electrons. The summed E-state index contributed by atoms with van der Waals surface area (Å²) in [6, 6.07) is 13.6. The monoisotopic (exact) mass is 275 g/mol. The van der Waals surface area contributed by atoms with Gasteiger partial charge in [-0.1, -0.05) is 24.3 Å². The average Bonchev–Trinajstić information content (AvgIpc) is 2.48. The molecular formula is C16H18FNO2. The molecule has 3 nitrogen and oxygen atoms in total. The molecule has 0 amide bonds. The average molecular weight is 275 g/mol. The quantitative estimate of drug-likeness (QED) is 0.851. The lowest BCUT2D eigenvalue weighted by molar-refractivity contribution is 0.174. The van der Waals surface area contributed by atoms with E-state index in [1.807, 2.05) is 24.3 Å². The molecule has 0 aliphatic heterocycles. The predicted molar refractivity (Wildman–Crippen MR) is 76.1 cm³/mol. The van der Waals surface area contributed by atoms with Crippen LogP contribution in [0.4, 0.5) is 4.39 Å². The number of aliphatic hydroxyl groups is 1. The second kappa shape index (κ2) is 7.03. The Morgan fingerprint density at radius 2 is 1.75 bits per heavy atom. The van der Waals surface area contributed by atoms with Gasteiger partial charge in [-0.25, -0.2) is 4.39 Å². The summed E-state index contributed by atoms with van der Waals surface area (Å²) in [6.45, 7) is 1.07. The molecule has 106 valence electrons. The number of ether oxygens (including phenoxy) is 1. The normalized spacial score (nSPS) is 12.2. The van der Waals surface area contributed by atoms with Crippen LogP contribution in [-0.2, 0) is 6.54 Å². The van der Waals surface area contributed by atoms with E-state index in [9.17, 15) is 9.50 Å². The summed E-state index contributed by atoms with van der Waals surface area (Å²) < 4.78 is 17.9. The Bertz CT molecular complexity index is 525. The second-order valence-corrected chi connectivity index (χ2v) is 4.55. The van der Waals surface area contributed by atoms with Gasteiger partial charge in [-0.2, -0.15) is 0 Å². The van der Waals surface area contributed by atoms with Gasteiger partial charge < -0.3 is 15.2 Å². The van der Waals surface area contributed by atoms with Crippen molar-refractivity contribution in [3.05, 3.63) is 65.5 Å². The number of aliphatic hydroxyl groups excluding tert-OH is 1. The Kier molecular flexibility index (Phi) is 5.09. The molecule has 20 heavy (non-hydrogen) atoms. The van der Waals surface area contributed by atoms with Crippen molar-refractivity contribution in [1.29, 1.82) is 0 Å². The molecule has 2 aromatic rings. The topological polar surface area (TPSA) is 41.5 Å². The smallest absolute Gasteiger partial charge is 0.123 e. The summed E-state index contributed by atoms with van der Waals surface area (Å²) in [5, 5.41) is 13.1. The van der Waals surface area contributed by atoms with Gasteiger partial charge in [-0.05, 0) is 35.4 Å². The van der Waals surface area contributed by atoms with Crippen LogP contribution in [0, 0.1) is 5.82 Å². The van der Waals surface area contributed by atoms with E-state index in [-0.39, 0.29) is 5.82 Å². The zero-order chi connectivity index (χ0) is 14.4. The Hall–Kier alpha value is -1.91. The van der Waals surface area contributed by atoms with E-state index in [1.165, 1.54) is 12.1 Å². The maximum atomic E-state index is 12.8. The molecule has 0 heterocycles. The van der Waals surface area contributed by atoms with Crippen LogP contribution in [-0.4, -0.2) is 18.8 Å². The largest absolute Gasteiger partial charge is 0.497 e. The number of hydrogen-bond donors (Lipinski definition) is 2. The minimum Gasteiger partial charge on any atom is -0.497 e. The van der Waals surface area contributed by atoms with Crippen LogP contribution in [0.1, 0.15) is 17.2 Å². The van der Waals surface area contributed by atoms with E-state index in [1.54, 1.807) is 19.2 Å². The second-order valence-electron chi connectivity index (χ2n) is 4.55. The van der Waals surface area contributed by atoms with Gasteiger partial charge >= 0.3 is 0 Å². The van der Waals surface area contributed by atoms with Gasteiger partial charge in [-0.15, -0.1) is 0 Å². The third kappa shape index (κ3) is 4.05. The van der Waals surface area contributed by atoms with Crippen molar-refractivity contribution < 1.29 is 14.2 Å². The van der Waals surface area contributed by atoms with Gasteiger partial charge in [0.25, 0.3) is 0 Å². The zero-order valence-electron chi connectivity index (χ0n) is 11.3. The summed E-state index contributed by atoms with van der Waals surface area (Å²) in [4.78, 5) is 0. The van der Waals surface area contributed by atoms with Gasteiger partial charge in [0, 0.05) is 13.1 Å². The van der Waals surface area contributed by atoms with Crippen molar-refractivity contribution in [1.82, 2.24) is 5.32 Å². The lowest BCUT2D eigenvalue weighted by Gasteiger charge is -2.12. The molecule has 0 fully saturated rings. The van der Waals surface area contributed by atoms with E-state index in [0.717, 1.165) is 11.3 Å². The molecule has 1 atom stereocenters. The maximum absolute atomic E-state index is 12.8. The first-order chi connectivity index (χ1) is 9.69. The van der Waals surface area contributed by atoms with E-state index in [4.69, 9.17) is 4.74 Å². The van der Waals surface area contributed by atoms with Crippen molar-refractivity contribution in [2.75, 3.05) is 13.7 Å². The molecule has 4 heteroatoms. The van der Waals surface area contributed by atoms with Crippen LogP contribution in [0.5, 0.6) is 5.75 Å². The minimum absolute atomic E-state index is 0.299. The van der Waals surface area contributed by atoms with E-state index >= 15 is 0 Å². The van der Waals surface area contributed by atoms with Crippen LogP contribution in [0.3, 0.4) is 0 Å². The molecule has 0 spiro atoms. The van der Waals surface area contributed by atoms with Crippen LogP contribution in [0.15, 0.2) is 48.5 Å². The summed E-state index contributed by atoms with van der Waals surface area (Å²) in [6.07, 6.45) is -0.645. The van der Waals surface area contributed by atoms with E-state index < -0.39 is 6.10 Å². The molecule has 2 aromatic carbocycles. The summed E-state index contributed by atoms with van der Waals surface area (Å²) in [7, 11) is 1.63. The van der Waals surface area contributed by atoms with Crippen molar-refractivity contribution in [3.8, 4) is 5.75 Å². The molecule has 0 saturated heterocycles. The van der Waals surface area contributed by atoms with Gasteiger partial charge in [0.15, 0.2) is 0 Å². The summed E-state index contributed by atoms with van der Waals surface area (Å²) >= 11 is 0. The summed E-state index contributed by atoms with van der Waals surface area (Å²) in [5.41, 5.74) is 1.81. The Labute approximate surface area is 118 Å². The van der Waals surface area contributed by atoms with Crippen LogP contribution in [0.25, 0.3) is 0 Å². The zero-order valence-corrected chi connectivity index (χ0v) is 11.3. The van der Waals surface area contributed by atoms with E-state index in [0.29, 0.717) is 18.7 Å². The maximum Gasteiger partial charge on any atom is 0.123 e. The standard InChI is InChI=1S/C16H18FNO2/c1-20-15-8-2-12(3-9-15)10-18-11-16(19)13-4-6-14(17)7-5-13/h2-9,16,18-19H,10-11H2,1H3/t16-/m1/s1. The highest BCUT2D eigenvalue weighted by Crippen LogP contribution is 2.13. The van der Waals surface area contributed by atoms with Crippen molar-refractivity contribution in [2.45, 2.75) is 12.6 Å². The minimum atomic E-state index is -0.645. The highest BCUT2D eigenvalue weighted by atomic mass is 19.1. The Morgan fingerprint density at radius 1 is 1.10 bits per heavy atom. The molecule has 2 rings (SSSR count). The molecular weight excluding hydrogens is 257 g/mol. The fourth-order valence-electron chi connectivity index (χ4n) is 1.90. The number of benzene rings is 2. The fourth-order valence-corrected chi connectivity index (χ4v) is 1.90. The number of rotatable bonds is 6. The molecule has 0 bridgehead atoms. The number of halogens is 1. The molecule has 2 N–H and O–H groups in total. The van der Waals surface area contributed by atoms with Crippen LogP contribution < -0.4 is 10.1 Å². The molecule has 0 unspecified atom stereocenters. The first-order valence-electron chi connectivity index (χ1n) is 6.46. The van der Waals surface area contributed by atoms with Crippen LogP contribution in [0.2, 0.25) is 0 Å². The SMILES string of the molecule is COc1ccc(CNC[C@@H](O)c2ccc(F)cc2)cc1. The first kappa shape index (κ1) is 14.5. The number of nitrogens with one attached hydrogen (secondary N) is 1. The van der Waals surface area contributed by atoms with Crippen molar-refractivity contribution in [3.63, 3.8) is 0 Å². The number of hydrogen-bond acceptors (Lipinski definition) is 3. The highest BCUT2D eigenvalue weighted by Gasteiger charge is 2.06. The fraction of sp³-hybridized carbons (Fsp3) is 0.250. The Morgan fingerprint density at radius 3 is 2.35 bits per heavy atom. The lowest BCUT2D eigenvalue weighted by Crippen LogP contribution is -2.21. The van der Waals surface area contributed by atoms with Gasteiger partial charge in [-0.3, -0.25) is 0 Å². The third-order valence-corrected chi connectivity index (χ3v) is 3.08. The lowest BCUT2D eigenvalue weighted by atomic mass is 10.1. The predicted octanol–water partition coefficient (Wildman–Crippen LogP) is 2.66. The van der Waals surface area contributed by atoms with Crippen LogP contribution >= 0.6 is 0 Å². The molecule has 0 aliphatic carbocycles. The van der Waals surface area contributed by atoms with Gasteiger partial charge in [0.1, 0.15) is 11.6 Å². The van der Waals surface area contributed by atoms with Crippen molar-refractivity contribution in [2.24, 2.45) is 0 Å². The van der Waals surface area contributed by atoms with Gasteiger partial charge in [0.05, 0.1) is 13.2 Å². The number of methoxy groups -OCH3 is 1. The third-order valence-electron chi connectivity index (χ3n) is 3.08. The molecule has 0 saturated carbocycles. The van der Waals surface area contributed by atoms with E-state index in [2.05, 4.69) is 5.32 Å². The van der Waals surface area contributed by atoms with Gasteiger partial charge in [0.2, 0.25) is 0 Å². The Balaban J connectivity index is 1.81.